The van der Waals surface area contributed by atoms with Gasteiger partial charge in [-0.15, -0.1) is 0 Å². The number of carbonyl (C=O) groups excluding carboxylic acids is 2. The largest absolute Gasteiger partial charge is 0.468 e. The van der Waals surface area contributed by atoms with Crippen LogP contribution in [0.4, 0.5) is 0 Å². The minimum atomic E-state index is -0.685. The van der Waals surface area contributed by atoms with Gasteiger partial charge in [-0.2, -0.15) is 0 Å². The lowest BCUT2D eigenvalue weighted by Crippen LogP contribution is -2.31. The van der Waals surface area contributed by atoms with Crippen LogP contribution in [-0.4, -0.2) is 38.2 Å². The molecule has 0 aromatic heterocycles. The number of nitrogens with two attached hydrogens (primary N) is 2. The number of methoxy groups -OCH3 is 2. The van der Waals surface area contributed by atoms with Crippen LogP contribution in [0, 0.1) is 0 Å². The van der Waals surface area contributed by atoms with E-state index in [1.807, 2.05) is 0 Å². The fourth-order valence-electron chi connectivity index (χ4n) is 0.981. The standard InChI is InChI=1S/C10H18N2O4/c1-15-9(13)7(11)5-3-4-6-8(12)10(14)16-2/h3-4,7-8H,5-6,11-12H2,1-2H3/t7-,8-/m0/s1. The van der Waals surface area contributed by atoms with E-state index in [1.165, 1.54) is 14.2 Å². The lowest BCUT2D eigenvalue weighted by atomic mass is 10.1. The molecule has 0 spiro atoms. The lowest BCUT2D eigenvalue weighted by molar-refractivity contribution is -0.142. The summed E-state index contributed by atoms with van der Waals surface area (Å²) in [6, 6.07) is -1.37. The summed E-state index contributed by atoms with van der Waals surface area (Å²) in [5.41, 5.74) is 11.0. The van der Waals surface area contributed by atoms with Crippen LogP contribution in [0.5, 0.6) is 0 Å². The number of carbonyl (C=O) groups is 2. The molecule has 92 valence electrons. The molecule has 0 fully saturated rings. The molecule has 0 aromatic carbocycles. The maximum absolute atomic E-state index is 10.9. The number of rotatable bonds is 6. The van der Waals surface area contributed by atoms with Gasteiger partial charge in [0.2, 0.25) is 0 Å². The van der Waals surface area contributed by atoms with Crippen LogP contribution in [0.2, 0.25) is 0 Å². The predicted octanol–water partition coefficient (Wildman–Crippen LogP) is -0.677. The van der Waals surface area contributed by atoms with Gasteiger partial charge in [-0.1, -0.05) is 12.2 Å². The van der Waals surface area contributed by atoms with Crippen LogP contribution in [-0.2, 0) is 19.1 Å². The van der Waals surface area contributed by atoms with E-state index in [4.69, 9.17) is 11.5 Å². The first kappa shape index (κ1) is 14.6. The molecule has 0 unspecified atom stereocenters. The van der Waals surface area contributed by atoms with E-state index in [2.05, 4.69) is 9.47 Å². The fraction of sp³-hybridized carbons (Fsp3) is 0.600. The van der Waals surface area contributed by atoms with Gasteiger partial charge >= 0.3 is 11.9 Å². The zero-order chi connectivity index (χ0) is 12.6. The Kier molecular flexibility index (Phi) is 7.15. The number of hydrogen-bond donors (Lipinski definition) is 2. The summed E-state index contributed by atoms with van der Waals surface area (Å²) in [7, 11) is 2.55. The summed E-state index contributed by atoms with van der Waals surface area (Å²) in [5.74, 6) is -0.941. The van der Waals surface area contributed by atoms with Crippen molar-refractivity contribution < 1.29 is 19.1 Å². The van der Waals surface area contributed by atoms with Gasteiger partial charge in [0.1, 0.15) is 12.1 Å². The maximum atomic E-state index is 10.9. The average molecular weight is 230 g/mol. The third kappa shape index (κ3) is 5.47. The Morgan fingerprint density at radius 3 is 1.56 bits per heavy atom. The van der Waals surface area contributed by atoms with Gasteiger partial charge in [0.05, 0.1) is 14.2 Å². The monoisotopic (exact) mass is 230 g/mol. The molecule has 0 aliphatic carbocycles. The molecule has 0 aliphatic rings. The minimum absolute atomic E-state index is 0.348. The van der Waals surface area contributed by atoms with Crippen LogP contribution < -0.4 is 11.5 Å². The van der Waals surface area contributed by atoms with Crippen molar-refractivity contribution in [1.29, 1.82) is 0 Å². The van der Waals surface area contributed by atoms with E-state index >= 15 is 0 Å². The van der Waals surface area contributed by atoms with Crippen LogP contribution in [0.15, 0.2) is 12.2 Å². The van der Waals surface area contributed by atoms with Crippen molar-refractivity contribution in [2.75, 3.05) is 14.2 Å². The fourth-order valence-corrected chi connectivity index (χ4v) is 0.981. The summed E-state index contributed by atoms with van der Waals surface area (Å²) in [6.45, 7) is 0. The van der Waals surface area contributed by atoms with E-state index in [9.17, 15) is 9.59 Å². The molecule has 6 nitrogen and oxygen atoms in total. The highest BCUT2D eigenvalue weighted by Gasteiger charge is 2.12. The lowest BCUT2D eigenvalue weighted by Gasteiger charge is -2.06. The molecule has 0 heterocycles. The topological polar surface area (TPSA) is 105 Å². The molecule has 2 atom stereocenters. The molecule has 0 radical (unpaired) electrons. The highest BCUT2D eigenvalue weighted by molar-refractivity contribution is 5.76. The molecule has 6 heteroatoms. The van der Waals surface area contributed by atoms with E-state index in [0.29, 0.717) is 12.8 Å². The van der Waals surface area contributed by atoms with Crippen molar-refractivity contribution in [3.63, 3.8) is 0 Å². The zero-order valence-electron chi connectivity index (χ0n) is 9.51. The molecule has 0 bridgehead atoms. The van der Waals surface area contributed by atoms with Crippen LogP contribution in [0.1, 0.15) is 12.8 Å². The van der Waals surface area contributed by atoms with Gasteiger partial charge in [0.15, 0.2) is 0 Å². The quantitative estimate of drug-likeness (QED) is 0.463. The summed E-state index contributed by atoms with van der Waals surface area (Å²) in [4.78, 5) is 21.8. The Hall–Kier alpha value is -1.40. The smallest absolute Gasteiger partial charge is 0.322 e. The van der Waals surface area contributed by atoms with Gasteiger partial charge in [-0.05, 0) is 12.8 Å². The summed E-state index contributed by atoms with van der Waals surface area (Å²) in [6.07, 6.45) is 4.07. The second-order valence-electron chi connectivity index (χ2n) is 3.20. The highest BCUT2D eigenvalue weighted by Crippen LogP contribution is 1.97. The molecule has 0 rings (SSSR count). The van der Waals surface area contributed by atoms with Crippen LogP contribution in [0.3, 0.4) is 0 Å². The van der Waals surface area contributed by atoms with Crippen molar-refractivity contribution >= 4 is 11.9 Å². The molecular weight excluding hydrogens is 212 g/mol. The van der Waals surface area contributed by atoms with Crippen molar-refractivity contribution in [3.05, 3.63) is 12.2 Å². The normalized spacial score (nSPS) is 14.5. The Bertz CT molecular complexity index is 240. The van der Waals surface area contributed by atoms with E-state index < -0.39 is 24.0 Å². The second kappa shape index (κ2) is 7.84. The maximum Gasteiger partial charge on any atom is 0.322 e. The van der Waals surface area contributed by atoms with Crippen molar-refractivity contribution in [1.82, 2.24) is 0 Å². The Balaban J connectivity index is 3.86. The molecule has 0 saturated carbocycles. The third-order valence-corrected chi connectivity index (χ3v) is 1.95. The van der Waals surface area contributed by atoms with Gasteiger partial charge in [-0.3, -0.25) is 9.59 Å². The molecular formula is C10H18N2O4. The molecule has 0 amide bonds. The predicted molar refractivity (Wildman–Crippen MR) is 58.4 cm³/mol. The van der Waals surface area contributed by atoms with Gasteiger partial charge in [-0.25, -0.2) is 0 Å². The number of hydrogen-bond acceptors (Lipinski definition) is 6. The molecule has 0 aliphatic heterocycles. The second-order valence-corrected chi connectivity index (χ2v) is 3.20. The van der Waals surface area contributed by atoms with Gasteiger partial charge in [0, 0.05) is 0 Å². The molecule has 16 heavy (non-hydrogen) atoms. The average Bonchev–Trinajstić information content (AvgIpc) is 2.31. The minimum Gasteiger partial charge on any atom is -0.468 e. The molecule has 4 N–H and O–H groups in total. The van der Waals surface area contributed by atoms with E-state index in [-0.39, 0.29) is 0 Å². The molecule has 0 aromatic rings. The van der Waals surface area contributed by atoms with E-state index in [0.717, 1.165) is 0 Å². The number of ether oxygens (including phenoxy) is 2. The summed E-state index contributed by atoms with van der Waals surface area (Å²) in [5, 5.41) is 0. The summed E-state index contributed by atoms with van der Waals surface area (Å²) < 4.78 is 8.90. The Morgan fingerprint density at radius 1 is 1.00 bits per heavy atom. The number of esters is 2. The van der Waals surface area contributed by atoms with Crippen molar-refractivity contribution in [2.45, 2.75) is 24.9 Å². The van der Waals surface area contributed by atoms with E-state index in [1.54, 1.807) is 12.2 Å². The van der Waals surface area contributed by atoms with Crippen molar-refractivity contribution in [2.24, 2.45) is 11.5 Å². The highest BCUT2D eigenvalue weighted by atomic mass is 16.5. The van der Waals surface area contributed by atoms with Gasteiger partial charge < -0.3 is 20.9 Å². The van der Waals surface area contributed by atoms with Crippen LogP contribution >= 0.6 is 0 Å². The first-order valence-corrected chi connectivity index (χ1v) is 4.84. The first-order chi connectivity index (χ1) is 7.52. The Labute approximate surface area is 94.6 Å². The molecule has 0 saturated heterocycles. The zero-order valence-corrected chi connectivity index (χ0v) is 9.51. The van der Waals surface area contributed by atoms with Crippen LogP contribution in [0.25, 0.3) is 0 Å². The first-order valence-electron chi connectivity index (χ1n) is 4.84. The van der Waals surface area contributed by atoms with Crippen molar-refractivity contribution in [3.8, 4) is 0 Å². The van der Waals surface area contributed by atoms with Gasteiger partial charge in [0.25, 0.3) is 0 Å². The Morgan fingerprint density at radius 2 is 1.31 bits per heavy atom. The third-order valence-electron chi connectivity index (χ3n) is 1.95. The summed E-state index contributed by atoms with van der Waals surface area (Å²) >= 11 is 0. The SMILES string of the molecule is COC(=O)[C@@H](N)CC=CC[C@H](N)C(=O)OC.